The molecule has 1 aliphatic rings. The van der Waals surface area contributed by atoms with Crippen LogP contribution >= 0.6 is 0 Å². The van der Waals surface area contributed by atoms with Crippen molar-refractivity contribution in [2.45, 2.75) is 44.1 Å². The van der Waals surface area contributed by atoms with Gasteiger partial charge >= 0.3 is 5.69 Å². The molecule has 1 fully saturated rings. The molecule has 2 aromatic rings. The van der Waals surface area contributed by atoms with Gasteiger partial charge in [-0.1, -0.05) is 19.3 Å². The molecule has 1 aromatic heterocycles. The molecule has 3 rings (SSSR count). The number of amides is 1. The summed E-state index contributed by atoms with van der Waals surface area (Å²) in [6.45, 7) is 0. The van der Waals surface area contributed by atoms with Crippen LogP contribution in [0.1, 0.15) is 38.5 Å². The predicted molar refractivity (Wildman–Crippen MR) is 80.2 cm³/mol. The van der Waals surface area contributed by atoms with Crippen LogP contribution in [-0.2, 0) is 4.79 Å². The summed E-state index contributed by atoms with van der Waals surface area (Å²) in [6, 6.07) is 5.17. The molecular weight excluding hydrogens is 270 g/mol. The van der Waals surface area contributed by atoms with Crippen molar-refractivity contribution < 1.29 is 9.90 Å². The number of nitrogens with one attached hydrogen (secondary N) is 3. The van der Waals surface area contributed by atoms with Gasteiger partial charge in [0.05, 0.1) is 23.1 Å². The first kappa shape index (κ1) is 13.9. The second-order valence-electron chi connectivity index (χ2n) is 5.85. The molecule has 112 valence electrons. The third-order valence-corrected chi connectivity index (χ3v) is 4.07. The Kier molecular flexibility index (Phi) is 3.55. The van der Waals surface area contributed by atoms with E-state index in [0.717, 1.165) is 19.3 Å². The van der Waals surface area contributed by atoms with Gasteiger partial charge in [0.2, 0.25) is 5.91 Å². The molecule has 1 aliphatic carbocycles. The Bertz CT molecular complexity index is 710. The van der Waals surface area contributed by atoms with Crippen molar-refractivity contribution in [2.24, 2.45) is 0 Å². The van der Waals surface area contributed by atoms with Crippen LogP contribution in [-0.4, -0.2) is 26.6 Å². The number of rotatable bonds is 3. The predicted octanol–water partition coefficient (Wildman–Crippen LogP) is 1.88. The van der Waals surface area contributed by atoms with Crippen LogP contribution in [0.3, 0.4) is 0 Å². The second-order valence-corrected chi connectivity index (χ2v) is 5.85. The zero-order valence-corrected chi connectivity index (χ0v) is 11.7. The molecule has 0 saturated heterocycles. The van der Waals surface area contributed by atoms with E-state index in [-0.39, 0.29) is 18.0 Å². The lowest BCUT2D eigenvalue weighted by Gasteiger charge is -2.31. The topological polar surface area (TPSA) is 98.0 Å². The Labute approximate surface area is 121 Å². The fourth-order valence-corrected chi connectivity index (χ4v) is 3.00. The van der Waals surface area contributed by atoms with E-state index in [1.54, 1.807) is 18.2 Å². The Morgan fingerprint density at radius 3 is 2.67 bits per heavy atom. The quantitative estimate of drug-likeness (QED) is 0.694. The lowest BCUT2D eigenvalue weighted by Crippen LogP contribution is -2.35. The highest BCUT2D eigenvalue weighted by Gasteiger charge is 2.31. The number of imidazole rings is 1. The monoisotopic (exact) mass is 289 g/mol. The number of aliphatic hydroxyl groups is 1. The van der Waals surface area contributed by atoms with Gasteiger partial charge in [0.25, 0.3) is 0 Å². The summed E-state index contributed by atoms with van der Waals surface area (Å²) < 4.78 is 0. The number of aromatic amines is 2. The van der Waals surface area contributed by atoms with Crippen molar-refractivity contribution in [3.8, 4) is 0 Å². The largest absolute Gasteiger partial charge is 0.389 e. The summed E-state index contributed by atoms with van der Waals surface area (Å²) in [5.74, 6) is -0.198. The van der Waals surface area contributed by atoms with E-state index in [1.807, 2.05) is 0 Å². The van der Waals surface area contributed by atoms with Crippen LogP contribution in [0, 0.1) is 0 Å². The van der Waals surface area contributed by atoms with E-state index >= 15 is 0 Å². The fraction of sp³-hybridized carbons (Fsp3) is 0.467. The Morgan fingerprint density at radius 2 is 1.90 bits per heavy atom. The van der Waals surface area contributed by atoms with E-state index in [2.05, 4.69) is 15.3 Å². The lowest BCUT2D eigenvalue weighted by molar-refractivity contribution is -0.122. The maximum absolute atomic E-state index is 12.1. The molecule has 1 amide bonds. The molecule has 21 heavy (non-hydrogen) atoms. The molecule has 0 spiro atoms. The molecule has 0 radical (unpaired) electrons. The standard InChI is InChI=1S/C15H19N3O3/c19-13(9-15(21)6-2-1-3-7-15)16-10-4-5-11-12(8-10)18-14(20)17-11/h4-5,8,21H,1-3,6-7,9H2,(H,16,19)(H2,17,18,20). The van der Waals surface area contributed by atoms with Crippen molar-refractivity contribution in [3.05, 3.63) is 28.7 Å². The lowest BCUT2D eigenvalue weighted by atomic mass is 9.82. The third-order valence-electron chi connectivity index (χ3n) is 4.07. The average molecular weight is 289 g/mol. The number of hydrogen-bond donors (Lipinski definition) is 4. The van der Waals surface area contributed by atoms with Crippen LogP contribution in [0.2, 0.25) is 0 Å². The molecule has 0 bridgehead atoms. The van der Waals surface area contributed by atoms with Crippen molar-refractivity contribution in [1.82, 2.24) is 9.97 Å². The molecule has 0 unspecified atom stereocenters. The molecular formula is C15H19N3O3. The number of anilines is 1. The summed E-state index contributed by atoms with van der Waals surface area (Å²) in [4.78, 5) is 28.6. The molecule has 6 heteroatoms. The first-order chi connectivity index (χ1) is 10.0. The van der Waals surface area contributed by atoms with Gasteiger partial charge in [-0.2, -0.15) is 0 Å². The van der Waals surface area contributed by atoms with E-state index < -0.39 is 5.60 Å². The first-order valence-electron chi connectivity index (χ1n) is 7.28. The smallest absolute Gasteiger partial charge is 0.323 e. The first-order valence-corrected chi connectivity index (χ1v) is 7.28. The highest BCUT2D eigenvalue weighted by molar-refractivity contribution is 5.93. The van der Waals surface area contributed by atoms with Gasteiger partial charge in [-0.3, -0.25) is 4.79 Å². The number of carbonyl (C=O) groups excluding carboxylic acids is 1. The summed E-state index contributed by atoms with van der Waals surface area (Å²) in [6.07, 6.45) is 4.56. The number of fused-ring (bicyclic) bond motifs is 1. The van der Waals surface area contributed by atoms with Gasteiger partial charge < -0.3 is 20.4 Å². The zero-order valence-electron chi connectivity index (χ0n) is 11.7. The van der Waals surface area contributed by atoms with Crippen LogP contribution in [0.5, 0.6) is 0 Å². The van der Waals surface area contributed by atoms with Gasteiger partial charge in [-0.15, -0.1) is 0 Å². The minimum Gasteiger partial charge on any atom is -0.389 e. The number of benzene rings is 1. The Morgan fingerprint density at radius 1 is 1.19 bits per heavy atom. The summed E-state index contributed by atoms with van der Waals surface area (Å²) in [5, 5.41) is 13.2. The maximum Gasteiger partial charge on any atom is 0.323 e. The van der Waals surface area contributed by atoms with E-state index in [1.165, 1.54) is 0 Å². The molecule has 0 aliphatic heterocycles. The van der Waals surface area contributed by atoms with Gasteiger partial charge in [-0.05, 0) is 31.0 Å². The highest BCUT2D eigenvalue weighted by atomic mass is 16.3. The minimum absolute atomic E-state index is 0.120. The second kappa shape index (κ2) is 5.37. The molecule has 1 saturated carbocycles. The van der Waals surface area contributed by atoms with Gasteiger partial charge in [0.15, 0.2) is 0 Å². The van der Waals surface area contributed by atoms with Crippen molar-refractivity contribution in [2.75, 3.05) is 5.32 Å². The molecule has 6 nitrogen and oxygen atoms in total. The van der Waals surface area contributed by atoms with Crippen LogP contribution in [0.4, 0.5) is 5.69 Å². The molecule has 4 N–H and O–H groups in total. The number of H-pyrrole nitrogens is 2. The Hall–Kier alpha value is -2.08. The summed E-state index contributed by atoms with van der Waals surface area (Å²) >= 11 is 0. The Balaban J connectivity index is 1.69. The van der Waals surface area contributed by atoms with E-state index in [9.17, 15) is 14.7 Å². The van der Waals surface area contributed by atoms with Crippen molar-refractivity contribution in [3.63, 3.8) is 0 Å². The number of carbonyl (C=O) groups is 1. The normalized spacial score (nSPS) is 17.8. The van der Waals surface area contributed by atoms with Gasteiger partial charge in [0.1, 0.15) is 0 Å². The summed E-state index contributed by atoms with van der Waals surface area (Å²) in [5.41, 5.74) is 0.819. The van der Waals surface area contributed by atoms with Crippen LogP contribution in [0.15, 0.2) is 23.0 Å². The number of hydrogen-bond acceptors (Lipinski definition) is 3. The molecule has 0 atom stereocenters. The molecule has 1 heterocycles. The van der Waals surface area contributed by atoms with Gasteiger partial charge in [0, 0.05) is 5.69 Å². The van der Waals surface area contributed by atoms with Crippen molar-refractivity contribution in [1.29, 1.82) is 0 Å². The number of aromatic nitrogens is 2. The fourth-order valence-electron chi connectivity index (χ4n) is 3.00. The SMILES string of the molecule is O=C(CC1(O)CCCCC1)Nc1ccc2[nH]c(=O)[nH]c2c1. The van der Waals surface area contributed by atoms with Crippen molar-refractivity contribution >= 4 is 22.6 Å². The van der Waals surface area contributed by atoms with Crippen LogP contribution in [0.25, 0.3) is 11.0 Å². The van der Waals surface area contributed by atoms with Crippen LogP contribution < -0.4 is 11.0 Å². The van der Waals surface area contributed by atoms with E-state index in [0.29, 0.717) is 29.6 Å². The molecule has 1 aromatic carbocycles. The maximum atomic E-state index is 12.1. The minimum atomic E-state index is -0.866. The van der Waals surface area contributed by atoms with Gasteiger partial charge in [-0.25, -0.2) is 4.79 Å². The average Bonchev–Trinajstić information content (AvgIpc) is 2.78. The summed E-state index contributed by atoms with van der Waals surface area (Å²) in [7, 11) is 0. The van der Waals surface area contributed by atoms with E-state index in [4.69, 9.17) is 0 Å². The highest BCUT2D eigenvalue weighted by Crippen LogP contribution is 2.31. The zero-order chi connectivity index (χ0) is 14.9. The third kappa shape index (κ3) is 3.16.